The molecular weight excluding hydrogens is 176 g/mol. The molecule has 0 aliphatic rings. The van der Waals surface area contributed by atoms with Crippen molar-refractivity contribution in [3.63, 3.8) is 0 Å². The maximum Gasteiger partial charge on any atom is 0.337 e. The zero-order valence-corrected chi connectivity index (χ0v) is 7.64. The maximum atomic E-state index is 10.7. The number of carboxylic acid groups (broad SMARTS) is 1. The van der Waals surface area contributed by atoms with Crippen LogP contribution in [-0.4, -0.2) is 11.1 Å². The molecule has 0 aliphatic heterocycles. The van der Waals surface area contributed by atoms with Crippen molar-refractivity contribution >= 4 is 17.6 Å². The molecule has 1 N–H and O–H groups in total. The number of hydrogen-bond donors (Lipinski definition) is 1. The number of rotatable bonds is 1. The molecule has 0 heterocycles. The Hall–Kier alpha value is -1.02. The van der Waals surface area contributed by atoms with Crippen molar-refractivity contribution in [1.82, 2.24) is 0 Å². The standard InChI is InChI=1S/C9H9ClO2/c1-5-3-6(2)8(9(11)12)7(10)4-5/h3-4H,1-2H3,(H,11,12). The third kappa shape index (κ3) is 1.59. The SMILES string of the molecule is Cc1cc(C)c(C(=O)O)c(Cl)c1. The molecular formula is C9H9ClO2. The summed E-state index contributed by atoms with van der Waals surface area (Å²) in [6, 6.07) is 3.45. The van der Waals surface area contributed by atoms with Crippen LogP contribution in [0.5, 0.6) is 0 Å². The van der Waals surface area contributed by atoms with Crippen molar-refractivity contribution in [1.29, 1.82) is 0 Å². The summed E-state index contributed by atoms with van der Waals surface area (Å²) in [5.41, 5.74) is 1.87. The van der Waals surface area contributed by atoms with Gasteiger partial charge in [0.15, 0.2) is 0 Å². The predicted octanol–water partition coefficient (Wildman–Crippen LogP) is 2.66. The van der Waals surface area contributed by atoms with Gasteiger partial charge in [-0.2, -0.15) is 0 Å². The van der Waals surface area contributed by atoms with Crippen LogP contribution in [0.1, 0.15) is 21.5 Å². The second-order valence-corrected chi connectivity index (χ2v) is 3.15. The highest BCUT2D eigenvalue weighted by Gasteiger charge is 2.11. The van der Waals surface area contributed by atoms with Crippen molar-refractivity contribution in [3.05, 3.63) is 33.8 Å². The van der Waals surface area contributed by atoms with Gasteiger partial charge in [0.2, 0.25) is 0 Å². The van der Waals surface area contributed by atoms with E-state index in [0.29, 0.717) is 10.6 Å². The van der Waals surface area contributed by atoms with Crippen LogP contribution in [0.2, 0.25) is 5.02 Å². The van der Waals surface area contributed by atoms with E-state index in [-0.39, 0.29) is 5.56 Å². The van der Waals surface area contributed by atoms with Crippen LogP contribution in [-0.2, 0) is 0 Å². The second kappa shape index (κ2) is 3.15. The maximum absolute atomic E-state index is 10.7. The molecule has 1 aromatic carbocycles. The smallest absolute Gasteiger partial charge is 0.337 e. The summed E-state index contributed by atoms with van der Waals surface area (Å²) < 4.78 is 0. The fraction of sp³-hybridized carbons (Fsp3) is 0.222. The lowest BCUT2D eigenvalue weighted by atomic mass is 10.1. The van der Waals surface area contributed by atoms with Crippen LogP contribution in [0.25, 0.3) is 0 Å². The first-order valence-corrected chi connectivity index (χ1v) is 3.90. The van der Waals surface area contributed by atoms with Gasteiger partial charge in [0.05, 0.1) is 10.6 Å². The highest BCUT2D eigenvalue weighted by molar-refractivity contribution is 6.33. The lowest BCUT2D eigenvalue weighted by molar-refractivity contribution is 0.0696. The van der Waals surface area contributed by atoms with Crippen molar-refractivity contribution in [3.8, 4) is 0 Å². The summed E-state index contributed by atoms with van der Waals surface area (Å²) in [7, 11) is 0. The van der Waals surface area contributed by atoms with E-state index in [2.05, 4.69) is 0 Å². The Balaban J connectivity index is 3.38. The lowest BCUT2D eigenvalue weighted by Crippen LogP contribution is -2.01. The summed E-state index contributed by atoms with van der Waals surface area (Å²) in [5.74, 6) is -0.975. The molecule has 1 rings (SSSR count). The van der Waals surface area contributed by atoms with Gasteiger partial charge in [0, 0.05) is 0 Å². The third-order valence-corrected chi connectivity index (χ3v) is 1.94. The van der Waals surface area contributed by atoms with Crippen LogP contribution >= 0.6 is 11.6 Å². The number of aromatic carboxylic acids is 1. The van der Waals surface area contributed by atoms with Crippen LogP contribution in [0.15, 0.2) is 12.1 Å². The van der Waals surface area contributed by atoms with E-state index >= 15 is 0 Å². The first-order chi connectivity index (χ1) is 5.52. The molecule has 0 radical (unpaired) electrons. The molecule has 0 atom stereocenters. The second-order valence-electron chi connectivity index (χ2n) is 2.74. The number of benzene rings is 1. The van der Waals surface area contributed by atoms with Gasteiger partial charge in [-0.15, -0.1) is 0 Å². The van der Waals surface area contributed by atoms with Crippen LogP contribution in [0.4, 0.5) is 0 Å². The summed E-state index contributed by atoms with van der Waals surface area (Å²) >= 11 is 5.75. The van der Waals surface area contributed by atoms with Crippen molar-refractivity contribution in [2.45, 2.75) is 13.8 Å². The largest absolute Gasteiger partial charge is 0.478 e. The Morgan fingerprint density at radius 2 is 2.00 bits per heavy atom. The average Bonchev–Trinajstić information content (AvgIpc) is 1.82. The zero-order valence-electron chi connectivity index (χ0n) is 6.89. The molecule has 0 unspecified atom stereocenters. The molecule has 0 aliphatic carbocycles. The van der Waals surface area contributed by atoms with Gasteiger partial charge < -0.3 is 5.11 Å². The minimum Gasteiger partial charge on any atom is -0.478 e. The van der Waals surface area contributed by atoms with E-state index in [1.54, 1.807) is 19.1 Å². The first-order valence-electron chi connectivity index (χ1n) is 3.52. The summed E-state index contributed by atoms with van der Waals surface area (Å²) in [4.78, 5) is 10.7. The highest BCUT2D eigenvalue weighted by Crippen LogP contribution is 2.21. The summed E-state index contributed by atoms with van der Waals surface area (Å²) in [6.45, 7) is 3.62. The van der Waals surface area contributed by atoms with Crippen molar-refractivity contribution < 1.29 is 9.90 Å². The normalized spacial score (nSPS) is 9.92. The van der Waals surface area contributed by atoms with Gasteiger partial charge in [0.1, 0.15) is 0 Å². The Morgan fingerprint density at radius 3 is 2.42 bits per heavy atom. The Morgan fingerprint density at radius 1 is 1.42 bits per heavy atom. The highest BCUT2D eigenvalue weighted by atomic mass is 35.5. The first kappa shape index (κ1) is 9.07. The molecule has 2 nitrogen and oxygen atoms in total. The quantitative estimate of drug-likeness (QED) is 0.729. The molecule has 3 heteroatoms. The van der Waals surface area contributed by atoms with Crippen LogP contribution < -0.4 is 0 Å². The Kier molecular flexibility index (Phi) is 2.38. The van der Waals surface area contributed by atoms with Crippen molar-refractivity contribution in [2.75, 3.05) is 0 Å². The lowest BCUT2D eigenvalue weighted by Gasteiger charge is -2.04. The molecule has 0 amide bonds. The molecule has 1 aromatic rings. The fourth-order valence-corrected chi connectivity index (χ4v) is 1.59. The van der Waals surface area contributed by atoms with Crippen LogP contribution in [0.3, 0.4) is 0 Å². The predicted molar refractivity (Wildman–Crippen MR) is 47.9 cm³/mol. The molecule has 0 bridgehead atoms. The monoisotopic (exact) mass is 184 g/mol. The number of hydrogen-bond acceptors (Lipinski definition) is 1. The van der Waals surface area contributed by atoms with E-state index in [1.807, 2.05) is 6.92 Å². The number of halogens is 1. The van der Waals surface area contributed by atoms with Gasteiger partial charge >= 0.3 is 5.97 Å². The molecule has 64 valence electrons. The van der Waals surface area contributed by atoms with Gasteiger partial charge in [0.25, 0.3) is 0 Å². The van der Waals surface area contributed by atoms with Gasteiger partial charge in [-0.3, -0.25) is 0 Å². The summed E-state index contributed by atoms with van der Waals surface area (Å²) in [6.07, 6.45) is 0. The molecule has 0 saturated carbocycles. The molecule has 0 aromatic heterocycles. The van der Waals surface area contributed by atoms with E-state index in [1.165, 1.54) is 0 Å². The molecule has 0 spiro atoms. The van der Waals surface area contributed by atoms with E-state index < -0.39 is 5.97 Å². The Labute approximate surface area is 75.8 Å². The minimum atomic E-state index is -0.975. The van der Waals surface area contributed by atoms with Crippen LogP contribution in [0, 0.1) is 13.8 Å². The number of aryl methyl sites for hydroxylation is 2. The van der Waals surface area contributed by atoms with Gasteiger partial charge in [-0.25, -0.2) is 4.79 Å². The molecule has 12 heavy (non-hydrogen) atoms. The van der Waals surface area contributed by atoms with Crippen molar-refractivity contribution in [2.24, 2.45) is 0 Å². The minimum absolute atomic E-state index is 0.197. The number of carbonyl (C=O) groups is 1. The topological polar surface area (TPSA) is 37.3 Å². The zero-order chi connectivity index (χ0) is 9.30. The van der Waals surface area contributed by atoms with E-state index in [4.69, 9.17) is 16.7 Å². The van der Waals surface area contributed by atoms with Gasteiger partial charge in [-0.1, -0.05) is 17.7 Å². The number of carboxylic acids is 1. The van der Waals surface area contributed by atoms with Gasteiger partial charge in [-0.05, 0) is 31.0 Å². The molecule has 0 fully saturated rings. The third-order valence-electron chi connectivity index (χ3n) is 1.65. The average molecular weight is 185 g/mol. The summed E-state index contributed by atoms with van der Waals surface area (Å²) in [5, 5.41) is 9.06. The fourth-order valence-electron chi connectivity index (χ4n) is 1.19. The molecule has 0 saturated heterocycles. The van der Waals surface area contributed by atoms with E-state index in [9.17, 15) is 4.79 Å². The Bertz CT molecular complexity index is 308. The van der Waals surface area contributed by atoms with E-state index in [0.717, 1.165) is 5.56 Å².